The molecule has 0 unspecified atom stereocenters. The Kier molecular flexibility index (Phi) is 5.44. The number of aromatic nitrogens is 4. The van der Waals surface area contributed by atoms with Crippen LogP contribution >= 0.6 is 11.8 Å². The second-order valence-corrected chi connectivity index (χ2v) is 6.96. The first-order valence-electron chi connectivity index (χ1n) is 8.68. The van der Waals surface area contributed by atoms with E-state index in [1.165, 1.54) is 0 Å². The molecule has 0 aliphatic carbocycles. The van der Waals surface area contributed by atoms with E-state index in [-0.39, 0.29) is 5.91 Å². The number of hydrogen-bond donors (Lipinski definition) is 1. The van der Waals surface area contributed by atoms with Gasteiger partial charge in [-0.05, 0) is 48.0 Å². The number of benzene rings is 1. The Morgan fingerprint density at radius 1 is 1.00 bits per heavy atom. The average Bonchev–Trinajstić information content (AvgIpc) is 3.28. The lowest BCUT2D eigenvalue weighted by Gasteiger charge is -2.08. The van der Waals surface area contributed by atoms with Gasteiger partial charge in [0.2, 0.25) is 0 Å². The van der Waals surface area contributed by atoms with Crippen LogP contribution in [0.15, 0.2) is 90.5 Å². The fourth-order valence-electron chi connectivity index (χ4n) is 2.59. The largest absolute Gasteiger partial charge is 0.322 e. The molecule has 1 aromatic carbocycles. The molecule has 0 bridgehead atoms. The van der Waals surface area contributed by atoms with Crippen molar-refractivity contribution in [2.45, 2.75) is 10.8 Å². The Balaban J connectivity index is 1.40. The summed E-state index contributed by atoms with van der Waals surface area (Å²) in [4.78, 5) is 21.1. The van der Waals surface area contributed by atoms with Crippen molar-refractivity contribution < 1.29 is 4.79 Å². The minimum Gasteiger partial charge on any atom is -0.322 e. The van der Waals surface area contributed by atoms with Gasteiger partial charge in [-0.2, -0.15) is 5.10 Å². The summed E-state index contributed by atoms with van der Waals surface area (Å²) in [5.74, 6) is 1.24. The third-order valence-corrected chi connectivity index (χ3v) is 4.97. The topological polar surface area (TPSA) is 72.7 Å². The summed E-state index contributed by atoms with van der Waals surface area (Å²) in [6.45, 7) is 0. The zero-order chi connectivity index (χ0) is 19.2. The van der Waals surface area contributed by atoms with Crippen molar-refractivity contribution in [3.63, 3.8) is 0 Å². The number of hydrogen-bond acceptors (Lipinski definition) is 5. The van der Waals surface area contributed by atoms with Gasteiger partial charge < -0.3 is 5.32 Å². The van der Waals surface area contributed by atoms with Crippen LogP contribution in [-0.2, 0) is 5.75 Å². The summed E-state index contributed by atoms with van der Waals surface area (Å²) >= 11 is 1.66. The molecule has 0 aliphatic heterocycles. The van der Waals surface area contributed by atoms with Gasteiger partial charge in [0.25, 0.3) is 5.91 Å². The smallest absolute Gasteiger partial charge is 0.257 e. The summed E-state index contributed by atoms with van der Waals surface area (Å²) in [5.41, 5.74) is 2.35. The van der Waals surface area contributed by atoms with Gasteiger partial charge in [-0.1, -0.05) is 18.2 Å². The number of thioether (sulfide) groups is 1. The molecule has 28 heavy (non-hydrogen) atoms. The van der Waals surface area contributed by atoms with Crippen LogP contribution in [-0.4, -0.2) is 25.7 Å². The molecule has 1 N–H and O–H groups in total. The summed E-state index contributed by atoms with van der Waals surface area (Å²) in [5, 5.41) is 8.02. The fourth-order valence-corrected chi connectivity index (χ4v) is 3.40. The summed E-state index contributed by atoms with van der Waals surface area (Å²) < 4.78 is 1.64. The summed E-state index contributed by atoms with van der Waals surface area (Å²) in [6, 6.07) is 19.0. The van der Waals surface area contributed by atoms with Gasteiger partial charge in [0.15, 0.2) is 5.82 Å². The highest BCUT2D eigenvalue weighted by Crippen LogP contribution is 2.22. The van der Waals surface area contributed by atoms with Gasteiger partial charge in [-0.15, -0.1) is 11.8 Å². The van der Waals surface area contributed by atoms with Gasteiger partial charge in [0, 0.05) is 36.2 Å². The quantitative estimate of drug-likeness (QED) is 0.502. The first-order valence-corrected chi connectivity index (χ1v) is 9.67. The predicted octanol–water partition coefficient (Wildman–Crippen LogP) is 4.21. The van der Waals surface area contributed by atoms with Gasteiger partial charge >= 0.3 is 0 Å². The number of carbonyl (C=O) groups is 1. The van der Waals surface area contributed by atoms with Gasteiger partial charge in [-0.25, -0.2) is 14.6 Å². The molecule has 0 fully saturated rings. The molecule has 3 heterocycles. The Hall–Kier alpha value is -3.45. The number of nitrogens with zero attached hydrogens (tertiary/aromatic N) is 4. The molecule has 1 amide bonds. The molecular weight excluding hydrogens is 370 g/mol. The van der Waals surface area contributed by atoms with E-state index < -0.39 is 0 Å². The number of nitrogens with one attached hydrogen (secondary N) is 1. The van der Waals surface area contributed by atoms with E-state index in [1.54, 1.807) is 53.4 Å². The zero-order valence-corrected chi connectivity index (χ0v) is 15.7. The number of carbonyl (C=O) groups excluding carboxylic acids is 1. The average molecular weight is 387 g/mol. The van der Waals surface area contributed by atoms with E-state index in [9.17, 15) is 4.79 Å². The number of pyridine rings is 2. The Bertz CT molecular complexity index is 1050. The molecule has 0 atom stereocenters. The van der Waals surface area contributed by atoms with Crippen molar-refractivity contribution in [3.05, 3.63) is 96.6 Å². The molecule has 0 radical (unpaired) electrons. The lowest BCUT2D eigenvalue weighted by atomic mass is 10.2. The lowest BCUT2D eigenvalue weighted by Crippen LogP contribution is -2.12. The third kappa shape index (κ3) is 4.44. The first-order chi connectivity index (χ1) is 13.8. The SMILES string of the molecule is O=C(Nc1cccc(CSc2ccccn2)c1)c1ccc(-n2cccn2)nc1. The molecular formula is C21H17N5OS. The Morgan fingerprint density at radius 3 is 2.71 bits per heavy atom. The van der Waals surface area contributed by atoms with Crippen molar-refractivity contribution in [2.75, 3.05) is 5.32 Å². The molecule has 0 saturated carbocycles. The van der Waals surface area contributed by atoms with Gasteiger partial charge in [0.1, 0.15) is 0 Å². The summed E-state index contributed by atoms with van der Waals surface area (Å²) in [7, 11) is 0. The van der Waals surface area contributed by atoms with E-state index in [1.807, 2.05) is 48.5 Å². The van der Waals surface area contributed by atoms with Crippen LogP contribution in [0.1, 0.15) is 15.9 Å². The van der Waals surface area contributed by atoms with Crippen molar-refractivity contribution in [3.8, 4) is 5.82 Å². The third-order valence-electron chi connectivity index (χ3n) is 3.96. The molecule has 6 nitrogen and oxygen atoms in total. The van der Waals surface area contributed by atoms with Crippen LogP contribution in [0.3, 0.4) is 0 Å². The van der Waals surface area contributed by atoms with E-state index in [0.717, 1.165) is 22.0 Å². The highest BCUT2D eigenvalue weighted by atomic mass is 32.2. The maximum absolute atomic E-state index is 12.5. The van der Waals surface area contributed by atoms with Crippen LogP contribution in [0.2, 0.25) is 0 Å². The van der Waals surface area contributed by atoms with Crippen molar-refractivity contribution in [2.24, 2.45) is 0 Å². The predicted molar refractivity (Wildman–Crippen MR) is 110 cm³/mol. The van der Waals surface area contributed by atoms with Crippen LogP contribution in [0.5, 0.6) is 0 Å². The lowest BCUT2D eigenvalue weighted by molar-refractivity contribution is 0.102. The van der Waals surface area contributed by atoms with Crippen molar-refractivity contribution in [1.82, 2.24) is 19.7 Å². The Morgan fingerprint density at radius 2 is 1.96 bits per heavy atom. The summed E-state index contributed by atoms with van der Waals surface area (Å²) in [6.07, 6.45) is 6.82. The molecule has 4 rings (SSSR count). The van der Waals surface area contributed by atoms with E-state index >= 15 is 0 Å². The van der Waals surface area contributed by atoms with Gasteiger partial charge in [-0.3, -0.25) is 4.79 Å². The second-order valence-electron chi connectivity index (χ2n) is 5.97. The standard InChI is InChI=1S/C21H17N5OS/c27-21(17-8-9-19(23-14-17)26-12-4-11-24-26)25-18-6-3-5-16(13-18)15-28-20-7-1-2-10-22-20/h1-14H,15H2,(H,25,27). The number of amides is 1. The van der Waals surface area contributed by atoms with Gasteiger partial charge in [0.05, 0.1) is 10.6 Å². The molecule has 7 heteroatoms. The fraction of sp³-hybridized carbons (Fsp3) is 0.0476. The monoisotopic (exact) mass is 387 g/mol. The number of rotatable bonds is 6. The normalized spacial score (nSPS) is 10.6. The van der Waals surface area contributed by atoms with Crippen LogP contribution in [0.25, 0.3) is 5.82 Å². The van der Waals surface area contributed by atoms with E-state index in [2.05, 4.69) is 20.4 Å². The minimum absolute atomic E-state index is 0.200. The second kappa shape index (κ2) is 8.49. The maximum Gasteiger partial charge on any atom is 0.257 e. The Labute approximate surface area is 166 Å². The first kappa shape index (κ1) is 17.9. The molecule has 4 aromatic rings. The van der Waals surface area contributed by atoms with Crippen LogP contribution in [0, 0.1) is 0 Å². The molecule has 0 spiro atoms. The highest BCUT2D eigenvalue weighted by Gasteiger charge is 2.08. The molecule has 0 saturated heterocycles. The van der Waals surface area contributed by atoms with E-state index in [4.69, 9.17) is 0 Å². The number of anilines is 1. The van der Waals surface area contributed by atoms with Crippen molar-refractivity contribution >= 4 is 23.4 Å². The zero-order valence-electron chi connectivity index (χ0n) is 14.9. The molecule has 0 aliphatic rings. The molecule has 138 valence electrons. The van der Waals surface area contributed by atoms with Crippen LogP contribution in [0.4, 0.5) is 5.69 Å². The highest BCUT2D eigenvalue weighted by molar-refractivity contribution is 7.98. The van der Waals surface area contributed by atoms with Crippen LogP contribution < -0.4 is 5.32 Å². The van der Waals surface area contributed by atoms with E-state index in [0.29, 0.717) is 11.4 Å². The minimum atomic E-state index is -0.200. The van der Waals surface area contributed by atoms with Crippen molar-refractivity contribution in [1.29, 1.82) is 0 Å². The maximum atomic E-state index is 12.5. The molecule has 3 aromatic heterocycles.